The molecule has 146 valence electrons. The summed E-state index contributed by atoms with van der Waals surface area (Å²) >= 11 is 0. The van der Waals surface area contributed by atoms with Gasteiger partial charge < -0.3 is 20.7 Å². The molecule has 0 aliphatic heterocycles. The van der Waals surface area contributed by atoms with E-state index in [1.165, 1.54) is 12.1 Å². The summed E-state index contributed by atoms with van der Waals surface area (Å²) in [6.07, 6.45) is 3.96. The van der Waals surface area contributed by atoms with E-state index in [0.717, 1.165) is 29.3 Å². The van der Waals surface area contributed by atoms with Gasteiger partial charge in [-0.2, -0.15) is 0 Å². The molecule has 2 amide bonds. The molecule has 4 N–H and O–H groups in total. The molecule has 0 bridgehead atoms. The molecule has 0 spiro atoms. The van der Waals surface area contributed by atoms with Crippen molar-refractivity contribution in [2.45, 2.75) is 38.3 Å². The van der Waals surface area contributed by atoms with Crippen molar-refractivity contribution in [3.8, 4) is 0 Å². The van der Waals surface area contributed by atoms with Gasteiger partial charge >= 0.3 is 12.0 Å². The van der Waals surface area contributed by atoms with E-state index in [2.05, 4.69) is 15.6 Å². The number of nitrogens with one attached hydrogen (secondary N) is 3. The number of carbonyl (C=O) groups excluding carboxylic acids is 1. The topological polar surface area (TPSA) is 97.5 Å². The van der Waals surface area contributed by atoms with Gasteiger partial charge in [0.1, 0.15) is 5.82 Å². The second-order valence-corrected chi connectivity index (χ2v) is 6.93. The van der Waals surface area contributed by atoms with Crippen LogP contribution in [0.3, 0.4) is 0 Å². The fraction of sp³-hybridized carbons (Fsp3) is 0.474. The minimum absolute atomic E-state index is 0.0330. The Labute approximate surface area is 156 Å². The summed E-state index contributed by atoms with van der Waals surface area (Å²) in [5, 5.41) is 15.5. The number of carboxylic acids is 1. The lowest BCUT2D eigenvalue weighted by atomic mass is 9.85. The number of aromatic amines is 1. The number of amides is 2. The Kier molecular flexibility index (Phi) is 5.95. The fourth-order valence-corrected chi connectivity index (χ4v) is 3.58. The molecule has 7 nitrogen and oxygen atoms in total. The van der Waals surface area contributed by atoms with Crippen molar-refractivity contribution in [2.24, 2.45) is 0 Å². The van der Waals surface area contributed by atoms with Crippen LogP contribution in [0.1, 0.15) is 25.3 Å². The smallest absolute Gasteiger partial charge is 0.317 e. The molecule has 2 aromatic rings. The van der Waals surface area contributed by atoms with Gasteiger partial charge in [0.05, 0.1) is 6.54 Å². The zero-order chi connectivity index (χ0) is 19.4. The van der Waals surface area contributed by atoms with Gasteiger partial charge in [0, 0.05) is 35.7 Å². The van der Waals surface area contributed by atoms with Crippen LogP contribution in [0.2, 0.25) is 0 Å². The molecule has 0 radical (unpaired) electrons. The molecule has 1 aliphatic carbocycles. The number of aromatic nitrogens is 1. The van der Waals surface area contributed by atoms with E-state index in [0.29, 0.717) is 19.5 Å². The van der Waals surface area contributed by atoms with Crippen LogP contribution in [0.5, 0.6) is 0 Å². The quantitative estimate of drug-likeness (QED) is 0.567. The van der Waals surface area contributed by atoms with Crippen molar-refractivity contribution in [3.05, 3.63) is 35.8 Å². The molecule has 8 heteroatoms. The van der Waals surface area contributed by atoms with Crippen LogP contribution in [0.15, 0.2) is 24.4 Å². The van der Waals surface area contributed by atoms with Gasteiger partial charge in [-0.1, -0.05) is 6.92 Å². The summed E-state index contributed by atoms with van der Waals surface area (Å²) in [5.41, 5.74) is 1.83. The third-order valence-corrected chi connectivity index (χ3v) is 5.12. The van der Waals surface area contributed by atoms with Crippen LogP contribution < -0.4 is 10.6 Å². The normalized spacial score (nSPS) is 19.1. The predicted molar refractivity (Wildman–Crippen MR) is 100 cm³/mol. The Balaban J connectivity index is 1.39. The molecule has 1 aliphatic rings. The molecule has 3 rings (SSSR count). The first-order chi connectivity index (χ1) is 13.0. The van der Waals surface area contributed by atoms with Crippen LogP contribution >= 0.6 is 0 Å². The average Bonchev–Trinajstić information content (AvgIpc) is 2.98. The maximum atomic E-state index is 13.4. The summed E-state index contributed by atoms with van der Waals surface area (Å²) in [6, 6.07) is 4.65. The predicted octanol–water partition coefficient (Wildman–Crippen LogP) is 2.09. The lowest BCUT2D eigenvalue weighted by Gasteiger charge is -2.42. The lowest BCUT2D eigenvalue weighted by molar-refractivity contribution is -0.139. The fourth-order valence-electron chi connectivity index (χ4n) is 3.58. The van der Waals surface area contributed by atoms with Gasteiger partial charge in [0.15, 0.2) is 0 Å². The maximum Gasteiger partial charge on any atom is 0.317 e. The van der Waals surface area contributed by atoms with Gasteiger partial charge in [0.2, 0.25) is 0 Å². The molecule has 1 saturated carbocycles. The third-order valence-electron chi connectivity index (χ3n) is 5.12. The Bertz CT molecular complexity index is 816. The molecule has 27 heavy (non-hydrogen) atoms. The number of nitrogens with zero attached hydrogens (tertiary/aromatic N) is 1. The highest BCUT2D eigenvalue weighted by atomic mass is 19.1. The van der Waals surface area contributed by atoms with Gasteiger partial charge in [0.25, 0.3) is 0 Å². The monoisotopic (exact) mass is 376 g/mol. The number of urea groups is 1. The van der Waals surface area contributed by atoms with E-state index in [1.54, 1.807) is 6.07 Å². The maximum absolute atomic E-state index is 13.4. The molecule has 0 saturated heterocycles. The average molecular weight is 376 g/mol. The first-order valence-corrected chi connectivity index (χ1v) is 9.22. The second-order valence-electron chi connectivity index (χ2n) is 6.93. The van der Waals surface area contributed by atoms with E-state index >= 15 is 0 Å². The van der Waals surface area contributed by atoms with Gasteiger partial charge in [-0.15, -0.1) is 0 Å². The minimum Gasteiger partial charge on any atom is -0.480 e. The Hall–Kier alpha value is -2.61. The van der Waals surface area contributed by atoms with Gasteiger partial charge in [-0.25, -0.2) is 9.18 Å². The highest BCUT2D eigenvalue weighted by Gasteiger charge is 2.34. The standard InChI is InChI=1S/C19H25FN4O3/c1-2-24(11-18(25)26)15-8-14(9-15)23-19(27)21-6-5-12-10-22-17-4-3-13(20)7-16(12)17/h3-4,7,10,14-15,22H,2,5-6,8-9,11H2,1H3,(H,25,26)(H2,21,23,27). The zero-order valence-electron chi connectivity index (χ0n) is 15.3. The molecule has 0 atom stereocenters. The van der Waals surface area contributed by atoms with E-state index in [-0.39, 0.29) is 30.5 Å². The Morgan fingerprint density at radius 1 is 1.37 bits per heavy atom. The van der Waals surface area contributed by atoms with Crippen molar-refractivity contribution in [3.63, 3.8) is 0 Å². The SMILES string of the molecule is CCN(CC(=O)O)C1CC(NC(=O)NCCc2c[nH]c3ccc(F)cc23)C1. The molecule has 1 fully saturated rings. The highest BCUT2D eigenvalue weighted by Crippen LogP contribution is 2.25. The molecule has 1 aromatic heterocycles. The number of benzene rings is 1. The Morgan fingerprint density at radius 2 is 2.15 bits per heavy atom. The first kappa shape index (κ1) is 19.2. The van der Waals surface area contributed by atoms with E-state index in [4.69, 9.17) is 5.11 Å². The van der Waals surface area contributed by atoms with Crippen LogP contribution in [0.4, 0.5) is 9.18 Å². The number of rotatable bonds is 8. The van der Waals surface area contributed by atoms with Crippen LogP contribution in [-0.2, 0) is 11.2 Å². The third kappa shape index (κ3) is 4.77. The van der Waals surface area contributed by atoms with Crippen molar-refractivity contribution < 1.29 is 19.1 Å². The second kappa shape index (κ2) is 8.39. The first-order valence-electron chi connectivity index (χ1n) is 9.22. The summed E-state index contributed by atoms with van der Waals surface area (Å²) < 4.78 is 13.4. The van der Waals surface area contributed by atoms with E-state index < -0.39 is 5.97 Å². The van der Waals surface area contributed by atoms with E-state index in [9.17, 15) is 14.0 Å². The molecule has 1 aromatic carbocycles. The van der Waals surface area contributed by atoms with Crippen LogP contribution in [-0.4, -0.2) is 58.7 Å². The molecule has 1 heterocycles. The molecular formula is C19H25FN4O3. The van der Waals surface area contributed by atoms with Crippen LogP contribution in [0.25, 0.3) is 10.9 Å². The zero-order valence-corrected chi connectivity index (χ0v) is 15.3. The number of hydrogen-bond donors (Lipinski definition) is 4. The molecule has 0 unspecified atom stereocenters. The summed E-state index contributed by atoms with van der Waals surface area (Å²) in [5.74, 6) is -1.11. The lowest BCUT2D eigenvalue weighted by Crippen LogP contribution is -2.56. The van der Waals surface area contributed by atoms with Gasteiger partial charge in [-0.05, 0) is 49.6 Å². The van der Waals surface area contributed by atoms with E-state index in [1.807, 2.05) is 18.0 Å². The van der Waals surface area contributed by atoms with Crippen molar-refractivity contribution in [1.29, 1.82) is 0 Å². The van der Waals surface area contributed by atoms with Crippen molar-refractivity contribution >= 4 is 22.9 Å². The summed E-state index contributed by atoms with van der Waals surface area (Å²) in [6.45, 7) is 3.10. The number of carboxylic acid groups (broad SMARTS) is 1. The number of aliphatic carboxylic acids is 1. The van der Waals surface area contributed by atoms with Crippen molar-refractivity contribution in [2.75, 3.05) is 19.6 Å². The number of carbonyl (C=O) groups is 2. The Morgan fingerprint density at radius 3 is 2.85 bits per heavy atom. The molecular weight excluding hydrogens is 351 g/mol. The summed E-state index contributed by atoms with van der Waals surface area (Å²) in [4.78, 5) is 27.9. The minimum atomic E-state index is -0.830. The number of halogens is 1. The number of hydrogen-bond acceptors (Lipinski definition) is 3. The van der Waals surface area contributed by atoms with Gasteiger partial charge in [-0.3, -0.25) is 9.69 Å². The number of likely N-dealkylation sites (N-methyl/N-ethyl adjacent to an activating group) is 1. The van der Waals surface area contributed by atoms with Crippen molar-refractivity contribution in [1.82, 2.24) is 20.5 Å². The largest absolute Gasteiger partial charge is 0.480 e. The highest BCUT2D eigenvalue weighted by molar-refractivity contribution is 5.83. The number of H-pyrrole nitrogens is 1. The summed E-state index contributed by atoms with van der Waals surface area (Å²) in [7, 11) is 0. The number of fused-ring (bicyclic) bond motifs is 1. The van der Waals surface area contributed by atoms with Crippen LogP contribution in [0, 0.1) is 5.82 Å².